The van der Waals surface area contributed by atoms with E-state index in [1.54, 1.807) is 0 Å². The van der Waals surface area contributed by atoms with Gasteiger partial charge in [-0.05, 0) is 17.9 Å². The third-order valence-electron chi connectivity index (χ3n) is 3.86. The van der Waals surface area contributed by atoms with E-state index in [9.17, 15) is 0 Å². The first-order valence-corrected chi connectivity index (χ1v) is 7.89. The Morgan fingerprint density at radius 2 is 1.33 bits per heavy atom. The molecule has 0 bridgehead atoms. The SMILES string of the molecule is CCCCCCCCCCC(C)c1ccccc1. The minimum atomic E-state index is 0.728. The summed E-state index contributed by atoms with van der Waals surface area (Å²) in [5.41, 5.74) is 1.50. The van der Waals surface area contributed by atoms with Gasteiger partial charge in [-0.15, -0.1) is 0 Å². The zero-order valence-corrected chi connectivity index (χ0v) is 12.3. The minimum Gasteiger partial charge on any atom is -0.0654 e. The number of unbranched alkanes of at least 4 members (excludes halogenated alkanes) is 7. The molecule has 1 aromatic rings. The Kier molecular flexibility index (Phi) is 8.63. The highest BCUT2D eigenvalue weighted by Crippen LogP contribution is 2.21. The van der Waals surface area contributed by atoms with Gasteiger partial charge in [-0.3, -0.25) is 0 Å². The van der Waals surface area contributed by atoms with Crippen molar-refractivity contribution in [2.45, 2.75) is 77.6 Å². The van der Waals surface area contributed by atoms with Gasteiger partial charge in [-0.1, -0.05) is 95.5 Å². The summed E-state index contributed by atoms with van der Waals surface area (Å²) in [6.07, 6.45) is 12.7. The Hall–Kier alpha value is -0.780. The van der Waals surface area contributed by atoms with Crippen LogP contribution in [-0.4, -0.2) is 0 Å². The van der Waals surface area contributed by atoms with Crippen LogP contribution in [0.5, 0.6) is 0 Å². The maximum absolute atomic E-state index is 2.36. The maximum Gasteiger partial charge on any atom is -0.0190 e. The van der Waals surface area contributed by atoms with Gasteiger partial charge in [0.25, 0.3) is 0 Å². The van der Waals surface area contributed by atoms with Crippen molar-refractivity contribution in [1.29, 1.82) is 0 Å². The van der Waals surface area contributed by atoms with Crippen molar-refractivity contribution in [1.82, 2.24) is 0 Å². The van der Waals surface area contributed by atoms with E-state index in [4.69, 9.17) is 0 Å². The van der Waals surface area contributed by atoms with Crippen LogP contribution in [0.4, 0.5) is 0 Å². The summed E-state index contributed by atoms with van der Waals surface area (Å²) in [7, 11) is 0. The molecule has 1 aromatic carbocycles. The van der Waals surface area contributed by atoms with Crippen LogP contribution in [0.1, 0.15) is 83.1 Å². The van der Waals surface area contributed by atoms with Gasteiger partial charge >= 0.3 is 0 Å². The third kappa shape index (κ3) is 6.83. The molecule has 0 heteroatoms. The summed E-state index contributed by atoms with van der Waals surface area (Å²) < 4.78 is 0. The van der Waals surface area contributed by atoms with E-state index in [2.05, 4.69) is 44.2 Å². The monoisotopic (exact) mass is 246 g/mol. The lowest BCUT2D eigenvalue weighted by molar-refractivity contribution is 0.543. The van der Waals surface area contributed by atoms with Crippen LogP contribution in [0.15, 0.2) is 30.3 Å². The number of rotatable bonds is 10. The van der Waals surface area contributed by atoms with Crippen molar-refractivity contribution < 1.29 is 0 Å². The molecular weight excluding hydrogens is 216 g/mol. The van der Waals surface area contributed by atoms with E-state index in [1.807, 2.05) is 0 Å². The smallest absolute Gasteiger partial charge is 0.0190 e. The van der Waals surface area contributed by atoms with Gasteiger partial charge in [0.1, 0.15) is 0 Å². The third-order valence-corrected chi connectivity index (χ3v) is 3.86. The summed E-state index contributed by atoms with van der Waals surface area (Å²) in [6.45, 7) is 4.64. The highest BCUT2D eigenvalue weighted by atomic mass is 14.1. The normalized spacial score (nSPS) is 12.6. The van der Waals surface area contributed by atoms with Gasteiger partial charge < -0.3 is 0 Å². The standard InChI is InChI=1S/C18H30/c1-3-4-5-6-7-8-9-11-14-17(2)18-15-12-10-13-16-18/h10,12-13,15-17H,3-9,11,14H2,1-2H3. The molecule has 0 aromatic heterocycles. The van der Waals surface area contributed by atoms with Crippen LogP contribution in [0, 0.1) is 0 Å². The zero-order chi connectivity index (χ0) is 13.1. The molecule has 18 heavy (non-hydrogen) atoms. The zero-order valence-electron chi connectivity index (χ0n) is 12.3. The Morgan fingerprint density at radius 1 is 0.778 bits per heavy atom. The molecule has 0 aliphatic carbocycles. The van der Waals surface area contributed by atoms with Crippen LogP contribution in [-0.2, 0) is 0 Å². The average molecular weight is 246 g/mol. The molecule has 0 amide bonds. The average Bonchev–Trinajstić information content (AvgIpc) is 2.42. The number of benzene rings is 1. The fraction of sp³-hybridized carbons (Fsp3) is 0.667. The first-order valence-electron chi connectivity index (χ1n) is 7.89. The minimum absolute atomic E-state index is 0.728. The summed E-state index contributed by atoms with van der Waals surface area (Å²) in [6, 6.07) is 10.9. The fourth-order valence-electron chi connectivity index (χ4n) is 2.53. The molecule has 0 heterocycles. The van der Waals surface area contributed by atoms with E-state index < -0.39 is 0 Å². The molecule has 1 rings (SSSR count). The summed E-state index contributed by atoms with van der Waals surface area (Å²) in [5, 5.41) is 0. The molecule has 0 fully saturated rings. The second-order valence-electron chi connectivity index (χ2n) is 5.58. The molecule has 0 saturated carbocycles. The molecule has 0 N–H and O–H groups in total. The predicted octanol–water partition coefficient (Wildman–Crippen LogP) is 6.32. The van der Waals surface area contributed by atoms with Crippen LogP contribution in [0.2, 0.25) is 0 Å². The topological polar surface area (TPSA) is 0 Å². The van der Waals surface area contributed by atoms with Crippen molar-refractivity contribution in [2.75, 3.05) is 0 Å². The largest absolute Gasteiger partial charge is 0.0654 e. The van der Waals surface area contributed by atoms with E-state index in [0.29, 0.717) is 0 Å². The van der Waals surface area contributed by atoms with E-state index in [1.165, 1.54) is 63.4 Å². The molecular formula is C18H30. The number of hydrogen-bond acceptors (Lipinski definition) is 0. The molecule has 0 saturated heterocycles. The molecule has 0 aliphatic heterocycles. The Balaban J connectivity index is 1.98. The Morgan fingerprint density at radius 3 is 1.94 bits per heavy atom. The molecule has 0 nitrogen and oxygen atoms in total. The van der Waals surface area contributed by atoms with Gasteiger partial charge in [-0.25, -0.2) is 0 Å². The van der Waals surface area contributed by atoms with Gasteiger partial charge in [0, 0.05) is 0 Å². The van der Waals surface area contributed by atoms with Crippen molar-refractivity contribution in [3.63, 3.8) is 0 Å². The quantitative estimate of drug-likeness (QED) is 0.424. The lowest BCUT2D eigenvalue weighted by Crippen LogP contribution is -1.93. The second-order valence-corrected chi connectivity index (χ2v) is 5.58. The molecule has 0 spiro atoms. The van der Waals surface area contributed by atoms with E-state index >= 15 is 0 Å². The Labute approximate surface area is 114 Å². The van der Waals surface area contributed by atoms with Crippen molar-refractivity contribution in [3.8, 4) is 0 Å². The molecule has 1 unspecified atom stereocenters. The van der Waals surface area contributed by atoms with Crippen LogP contribution in [0.25, 0.3) is 0 Å². The van der Waals surface area contributed by atoms with Gasteiger partial charge in [0.15, 0.2) is 0 Å². The molecule has 102 valence electrons. The lowest BCUT2D eigenvalue weighted by Gasteiger charge is -2.11. The first kappa shape index (κ1) is 15.3. The highest BCUT2D eigenvalue weighted by Gasteiger charge is 2.03. The number of hydrogen-bond donors (Lipinski definition) is 0. The predicted molar refractivity (Wildman–Crippen MR) is 82.1 cm³/mol. The van der Waals surface area contributed by atoms with Crippen LogP contribution < -0.4 is 0 Å². The molecule has 0 radical (unpaired) electrons. The van der Waals surface area contributed by atoms with Crippen LogP contribution in [0.3, 0.4) is 0 Å². The van der Waals surface area contributed by atoms with E-state index in [0.717, 1.165) is 5.92 Å². The highest BCUT2D eigenvalue weighted by molar-refractivity contribution is 5.18. The van der Waals surface area contributed by atoms with Crippen molar-refractivity contribution >= 4 is 0 Å². The Bertz CT molecular complexity index is 275. The molecule has 0 aliphatic rings. The van der Waals surface area contributed by atoms with Crippen molar-refractivity contribution in [2.24, 2.45) is 0 Å². The summed E-state index contributed by atoms with van der Waals surface area (Å²) in [5.74, 6) is 0.728. The van der Waals surface area contributed by atoms with Crippen molar-refractivity contribution in [3.05, 3.63) is 35.9 Å². The van der Waals surface area contributed by atoms with Gasteiger partial charge in [0.2, 0.25) is 0 Å². The summed E-state index contributed by atoms with van der Waals surface area (Å²) in [4.78, 5) is 0. The summed E-state index contributed by atoms with van der Waals surface area (Å²) >= 11 is 0. The van der Waals surface area contributed by atoms with Gasteiger partial charge in [-0.2, -0.15) is 0 Å². The maximum atomic E-state index is 2.36. The van der Waals surface area contributed by atoms with E-state index in [-0.39, 0.29) is 0 Å². The molecule has 1 atom stereocenters. The lowest BCUT2D eigenvalue weighted by atomic mass is 9.95. The fourth-order valence-corrected chi connectivity index (χ4v) is 2.53. The second kappa shape index (κ2) is 10.2. The van der Waals surface area contributed by atoms with Crippen LogP contribution >= 0.6 is 0 Å². The van der Waals surface area contributed by atoms with Gasteiger partial charge in [0.05, 0.1) is 0 Å². The first-order chi connectivity index (χ1) is 8.84.